The fourth-order valence-electron chi connectivity index (χ4n) is 2.25. The van der Waals surface area contributed by atoms with E-state index < -0.39 is 17.9 Å². The molecule has 0 aliphatic carbocycles. The van der Waals surface area contributed by atoms with Crippen molar-refractivity contribution in [1.29, 1.82) is 0 Å². The van der Waals surface area contributed by atoms with Gasteiger partial charge in [0.1, 0.15) is 17.2 Å². The summed E-state index contributed by atoms with van der Waals surface area (Å²) in [5.41, 5.74) is -0.890. The van der Waals surface area contributed by atoms with Gasteiger partial charge in [-0.15, -0.1) is 0 Å². The molecule has 0 bridgehead atoms. The van der Waals surface area contributed by atoms with Gasteiger partial charge < -0.3 is 14.8 Å². The Bertz CT molecular complexity index is 804. The van der Waals surface area contributed by atoms with Gasteiger partial charge in [-0.05, 0) is 31.2 Å². The van der Waals surface area contributed by atoms with Gasteiger partial charge in [0.15, 0.2) is 5.82 Å². The highest BCUT2D eigenvalue weighted by Gasteiger charge is 2.26. The first kappa shape index (κ1) is 15.4. The summed E-state index contributed by atoms with van der Waals surface area (Å²) in [7, 11) is 0. The van der Waals surface area contributed by atoms with Crippen molar-refractivity contribution >= 4 is 16.7 Å². The molecule has 2 N–H and O–H groups in total. The molecule has 7 heteroatoms. The van der Waals surface area contributed by atoms with Gasteiger partial charge >= 0.3 is 0 Å². The molecular formula is C16H15F2N3O2. The van der Waals surface area contributed by atoms with Crippen molar-refractivity contribution in [2.45, 2.75) is 19.0 Å². The van der Waals surface area contributed by atoms with Crippen molar-refractivity contribution in [2.75, 3.05) is 11.9 Å². The Morgan fingerprint density at radius 1 is 1.22 bits per heavy atom. The number of nitrogens with zero attached hydrogens (tertiary/aromatic N) is 2. The SMILES string of the molecule is CC(O)(CNc1nc(C(F)F)nc2ccccc12)c1ccco1. The number of nitrogens with one attached hydrogen (secondary N) is 1. The highest BCUT2D eigenvalue weighted by molar-refractivity contribution is 5.89. The van der Waals surface area contributed by atoms with Crippen molar-refractivity contribution in [3.63, 3.8) is 0 Å². The molecule has 0 spiro atoms. The largest absolute Gasteiger partial charge is 0.466 e. The second kappa shape index (κ2) is 5.92. The zero-order valence-electron chi connectivity index (χ0n) is 12.3. The maximum absolute atomic E-state index is 13.0. The van der Waals surface area contributed by atoms with Gasteiger partial charge in [-0.1, -0.05) is 12.1 Å². The van der Waals surface area contributed by atoms with E-state index in [4.69, 9.17) is 4.42 Å². The zero-order valence-corrected chi connectivity index (χ0v) is 12.3. The Balaban J connectivity index is 1.93. The first-order valence-electron chi connectivity index (χ1n) is 7.02. The maximum Gasteiger partial charge on any atom is 0.297 e. The highest BCUT2D eigenvalue weighted by atomic mass is 19.3. The molecule has 0 saturated heterocycles. The van der Waals surface area contributed by atoms with Crippen LogP contribution in [0.4, 0.5) is 14.6 Å². The first-order chi connectivity index (χ1) is 11.0. The second-order valence-corrected chi connectivity index (χ2v) is 5.35. The van der Waals surface area contributed by atoms with E-state index in [1.165, 1.54) is 6.26 Å². The van der Waals surface area contributed by atoms with E-state index in [-0.39, 0.29) is 12.4 Å². The maximum atomic E-state index is 13.0. The molecule has 0 amide bonds. The smallest absolute Gasteiger partial charge is 0.297 e. The normalized spacial score (nSPS) is 14.1. The molecule has 5 nitrogen and oxygen atoms in total. The summed E-state index contributed by atoms with van der Waals surface area (Å²) in [5, 5.41) is 14.0. The van der Waals surface area contributed by atoms with Crippen LogP contribution in [0.1, 0.15) is 24.9 Å². The topological polar surface area (TPSA) is 71.2 Å². The predicted molar refractivity (Wildman–Crippen MR) is 81.3 cm³/mol. The minimum atomic E-state index is -2.77. The van der Waals surface area contributed by atoms with Crippen LogP contribution in [-0.2, 0) is 5.60 Å². The molecule has 1 unspecified atom stereocenters. The van der Waals surface area contributed by atoms with Crippen LogP contribution in [0.5, 0.6) is 0 Å². The number of furan rings is 1. The van der Waals surface area contributed by atoms with E-state index in [1.54, 1.807) is 43.3 Å². The van der Waals surface area contributed by atoms with Crippen molar-refractivity contribution < 1.29 is 18.3 Å². The Morgan fingerprint density at radius 3 is 2.70 bits per heavy atom. The molecule has 2 aromatic heterocycles. The molecule has 3 aromatic rings. The third kappa shape index (κ3) is 3.14. The summed E-state index contributed by atoms with van der Waals surface area (Å²) in [4.78, 5) is 7.72. The summed E-state index contributed by atoms with van der Waals surface area (Å²) < 4.78 is 31.1. The molecule has 0 aliphatic rings. The lowest BCUT2D eigenvalue weighted by atomic mass is 10.0. The number of hydrogen-bond acceptors (Lipinski definition) is 5. The monoisotopic (exact) mass is 319 g/mol. The van der Waals surface area contributed by atoms with E-state index in [0.717, 1.165) is 0 Å². The Hall–Kier alpha value is -2.54. The number of halogens is 2. The molecule has 0 aliphatic heterocycles. The predicted octanol–water partition coefficient (Wildman–Crippen LogP) is 3.48. The van der Waals surface area contributed by atoms with E-state index in [0.29, 0.717) is 16.7 Å². The minimum Gasteiger partial charge on any atom is -0.466 e. The lowest BCUT2D eigenvalue weighted by Crippen LogP contribution is -2.30. The summed E-state index contributed by atoms with van der Waals surface area (Å²) >= 11 is 0. The number of aromatic nitrogens is 2. The molecule has 1 atom stereocenters. The summed E-state index contributed by atoms with van der Waals surface area (Å²) in [6.07, 6.45) is -1.32. The third-order valence-electron chi connectivity index (χ3n) is 3.47. The fraction of sp³-hybridized carbons (Fsp3) is 0.250. The number of para-hydroxylation sites is 1. The Kier molecular flexibility index (Phi) is 3.96. The first-order valence-corrected chi connectivity index (χ1v) is 7.02. The van der Waals surface area contributed by atoms with Crippen molar-refractivity contribution in [2.24, 2.45) is 0 Å². The number of aliphatic hydroxyl groups is 1. The van der Waals surface area contributed by atoms with Crippen LogP contribution in [-0.4, -0.2) is 21.6 Å². The number of benzene rings is 1. The fourth-order valence-corrected chi connectivity index (χ4v) is 2.25. The van der Waals surface area contributed by atoms with Crippen molar-refractivity contribution in [3.8, 4) is 0 Å². The van der Waals surface area contributed by atoms with Gasteiger partial charge in [0.2, 0.25) is 0 Å². The van der Waals surface area contributed by atoms with E-state index in [9.17, 15) is 13.9 Å². The van der Waals surface area contributed by atoms with Crippen LogP contribution in [0.15, 0.2) is 47.1 Å². The Labute approximate surface area is 131 Å². The second-order valence-electron chi connectivity index (χ2n) is 5.35. The molecular weight excluding hydrogens is 304 g/mol. The summed E-state index contributed by atoms with van der Waals surface area (Å²) in [6, 6.07) is 10.2. The summed E-state index contributed by atoms with van der Waals surface area (Å²) in [5.74, 6) is 0.0685. The number of hydrogen-bond donors (Lipinski definition) is 2. The van der Waals surface area contributed by atoms with Crippen LogP contribution < -0.4 is 5.32 Å². The standard InChI is InChI=1S/C16H15F2N3O2/c1-16(22,12-7-4-8-23-12)9-19-14-10-5-2-3-6-11(10)20-15(21-14)13(17)18/h2-8,13,22H,9H2,1H3,(H,19,20,21). The van der Waals surface area contributed by atoms with Crippen LogP contribution in [0.2, 0.25) is 0 Å². The quantitative estimate of drug-likeness (QED) is 0.753. The number of anilines is 1. The van der Waals surface area contributed by atoms with Crippen LogP contribution in [0.3, 0.4) is 0 Å². The van der Waals surface area contributed by atoms with Gasteiger partial charge in [-0.2, -0.15) is 0 Å². The third-order valence-corrected chi connectivity index (χ3v) is 3.47. The van der Waals surface area contributed by atoms with Gasteiger partial charge in [-0.25, -0.2) is 18.7 Å². The highest BCUT2D eigenvalue weighted by Crippen LogP contribution is 2.26. The molecule has 120 valence electrons. The van der Waals surface area contributed by atoms with Gasteiger partial charge in [-0.3, -0.25) is 0 Å². The average Bonchev–Trinajstić information content (AvgIpc) is 3.07. The Morgan fingerprint density at radius 2 is 2.00 bits per heavy atom. The minimum absolute atomic E-state index is 0.0458. The lowest BCUT2D eigenvalue weighted by Gasteiger charge is -2.22. The van der Waals surface area contributed by atoms with Crippen LogP contribution in [0.25, 0.3) is 10.9 Å². The average molecular weight is 319 g/mol. The van der Waals surface area contributed by atoms with Gasteiger partial charge in [0, 0.05) is 5.39 Å². The van der Waals surface area contributed by atoms with Crippen LogP contribution >= 0.6 is 0 Å². The van der Waals surface area contributed by atoms with Gasteiger partial charge in [0.05, 0.1) is 18.3 Å². The van der Waals surface area contributed by atoms with Crippen molar-refractivity contribution in [1.82, 2.24) is 9.97 Å². The zero-order chi connectivity index (χ0) is 16.4. The summed E-state index contributed by atoms with van der Waals surface area (Å²) in [6.45, 7) is 1.61. The number of alkyl halides is 2. The molecule has 23 heavy (non-hydrogen) atoms. The molecule has 3 rings (SSSR count). The van der Waals surface area contributed by atoms with Crippen molar-refractivity contribution in [3.05, 3.63) is 54.2 Å². The van der Waals surface area contributed by atoms with E-state index in [2.05, 4.69) is 15.3 Å². The molecule has 0 saturated carbocycles. The van der Waals surface area contributed by atoms with Crippen LogP contribution in [0, 0.1) is 0 Å². The van der Waals surface area contributed by atoms with E-state index in [1.807, 2.05) is 0 Å². The van der Waals surface area contributed by atoms with E-state index >= 15 is 0 Å². The molecule has 0 fully saturated rings. The lowest BCUT2D eigenvalue weighted by molar-refractivity contribution is 0.0476. The molecule has 1 aromatic carbocycles. The number of rotatable bonds is 5. The van der Waals surface area contributed by atoms with Gasteiger partial charge in [0.25, 0.3) is 6.43 Å². The molecule has 0 radical (unpaired) electrons. The molecule has 2 heterocycles. The number of fused-ring (bicyclic) bond motifs is 1.